The highest BCUT2D eigenvalue weighted by atomic mass is 16.5. The van der Waals surface area contributed by atoms with Crippen LogP contribution < -0.4 is 4.90 Å². The number of hydrogen-bond acceptors (Lipinski definition) is 7. The van der Waals surface area contributed by atoms with Crippen LogP contribution >= 0.6 is 0 Å². The molecular formula is C14H18N6O2. The molecule has 1 aliphatic heterocycles. The molecule has 0 aliphatic carbocycles. The van der Waals surface area contributed by atoms with Crippen molar-refractivity contribution in [2.45, 2.75) is 19.8 Å². The Balaban J connectivity index is 1.74. The molecule has 22 heavy (non-hydrogen) atoms. The molecule has 8 nitrogen and oxygen atoms in total. The van der Waals surface area contributed by atoms with E-state index in [9.17, 15) is 4.79 Å². The van der Waals surface area contributed by atoms with Crippen molar-refractivity contribution in [3.8, 4) is 5.82 Å². The summed E-state index contributed by atoms with van der Waals surface area (Å²) in [5.41, 5.74) is 0. The predicted octanol–water partition coefficient (Wildman–Crippen LogP) is 0.755. The van der Waals surface area contributed by atoms with E-state index in [4.69, 9.17) is 4.74 Å². The van der Waals surface area contributed by atoms with Crippen molar-refractivity contribution in [1.29, 1.82) is 0 Å². The number of nitrogens with zero attached hydrogens (tertiary/aromatic N) is 6. The van der Waals surface area contributed by atoms with Gasteiger partial charge in [0.05, 0.1) is 13.0 Å². The SMILES string of the molecule is COC(=O)C1CCN(c2cc(-n3ncnc3C)ncn2)CC1. The van der Waals surface area contributed by atoms with Gasteiger partial charge >= 0.3 is 5.97 Å². The molecule has 0 unspecified atom stereocenters. The number of piperidine rings is 1. The molecule has 0 amide bonds. The molecule has 3 rings (SSSR count). The first kappa shape index (κ1) is 14.4. The molecule has 2 aromatic heterocycles. The van der Waals surface area contributed by atoms with Crippen molar-refractivity contribution in [1.82, 2.24) is 24.7 Å². The number of carbonyl (C=O) groups excluding carboxylic acids is 1. The summed E-state index contributed by atoms with van der Waals surface area (Å²) in [6.07, 6.45) is 4.57. The highest BCUT2D eigenvalue weighted by Gasteiger charge is 2.26. The van der Waals surface area contributed by atoms with E-state index < -0.39 is 0 Å². The fourth-order valence-electron chi connectivity index (χ4n) is 2.66. The van der Waals surface area contributed by atoms with E-state index in [2.05, 4.69) is 25.0 Å². The lowest BCUT2D eigenvalue weighted by molar-refractivity contribution is -0.146. The topological polar surface area (TPSA) is 86.0 Å². The summed E-state index contributed by atoms with van der Waals surface area (Å²) < 4.78 is 6.48. The first-order valence-electron chi connectivity index (χ1n) is 7.21. The lowest BCUT2D eigenvalue weighted by Crippen LogP contribution is -2.37. The number of rotatable bonds is 3. The highest BCUT2D eigenvalue weighted by molar-refractivity contribution is 5.72. The second-order valence-corrected chi connectivity index (χ2v) is 5.24. The van der Waals surface area contributed by atoms with Crippen LogP contribution in [0, 0.1) is 12.8 Å². The summed E-state index contributed by atoms with van der Waals surface area (Å²) in [6.45, 7) is 3.41. The van der Waals surface area contributed by atoms with E-state index in [1.165, 1.54) is 19.8 Å². The molecule has 3 heterocycles. The first-order valence-corrected chi connectivity index (χ1v) is 7.21. The number of aryl methyl sites for hydroxylation is 1. The molecule has 0 atom stereocenters. The van der Waals surface area contributed by atoms with Gasteiger partial charge in [-0.25, -0.2) is 15.0 Å². The Bertz CT molecular complexity index is 663. The number of hydrogen-bond donors (Lipinski definition) is 0. The van der Waals surface area contributed by atoms with E-state index in [1.54, 1.807) is 4.68 Å². The lowest BCUT2D eigenvalue weighted by atomic mass is 9.97. The minimum absolute atomic E-state index is 0.0138. The third kappa shape index (κ3) is 2.76. The molecule has 2 aromatic rings. The number of aromatic nitrogens is 5. The van der Waals surface area contributed by atoms with Crippen LogP contribution in [-0.2, 0) is 9.53 Å². The maximum absolute atomic E-state index is 11.6. The molecule has 0 aromatic carbocycles. The maximum atomic E-state index is 11.6. The van der Waals surface area contributed by atoms with Crippen LogP contribution in [0.25, 0.3) is 5.82 Å². The highest BCUT2D eigenvalue weighted by Crippen LogP contribution is 2.23. The average molecular weight is 302 g/mol. The van der Waals surface area contributed by atoms with Crippen LogP contribution in [0.1, 0.15) is 18.7 Å². The van der Waals surface area contributed by atoms with E-state index >= 15 is 0 Å². The van der Waals surface area contributed by atoms with Crippen LogP contribution in [-0.4, -0.2) is 50.9 Å². The molecule has 0 spiro atoms. The Morgan fingerprint density at radius 2 is 1.91 bits per heavy atom. The second kappa shape index (κ2) is 6.08. The van der Waals surface area contributed by atoms with Gasteiger partial charge in [0.2, 0.25) is 0 Å². The van der Waals surface area contributed by atoms with Crippen LogP contribution in [0.3, 0.4) is 0 Å². The first-order chi connectivity index (χ1) is 10.7. The third-order valence-corrected chi connectivity index (χ3v) is 3.93. The number of esters is 1. The quantitative estimate of drug-likeness (QED) is 0.773. The van der Waals surface area contributed by atoms with Gasteiger partial charge in [0.15, 0.2) is 5.82 Å². The Kier molecular flexibility index (Phi) is 3.99. The van der Waals surface area contributed by atoms with Gasteiger partial charge in [-0.2, -0.15) is 9.78 Å². The number of methoxy groups -OCH3 is 1. The van der Waals surface area contributed by atoms with Crippen LogP contribution in [0.15, 0.2) is 18.7 Å². The van der Waals surface area contributed by atoms with Gasteiger partial charge in [-0.15, -0.1) is 0 Å². The second-order valence-electron chi connectivity index (χ2n) is 5.24. The Hall–Kier alpha value is -2.51. The standard InChI is InChI=1S/C14H18N6O2/c1-10-15-9-18-20(10)13-7-12(16-8-17-13)19-5-3-11(4-6-19)14(21)22-2/h7-9,11H,3-6H2,1-2H3. The lowest BCUT2D eigenvalue weighted by Gasteiger charge is -2.31. The van der Waals surface area contributed by atoms with E-state index in [0.29, 0.717) is 5.82 Å². The summed E-state index contributed by atoms with van der Waals surface area (Å²) in [6, 6.07) is 1.89. The largest absolute Gasteiger partial charge is 0.469 e. The van der Waals surface area contributed by atoms with Crippen molar-refractivity contribution >= 4 is 11.8 Å². The molecule has 1 fully saturated rings. The summed E-state index contributed by atoms with van der Waals surface area (Å²) in [4.78, 5) is 26.4. The summed E-state index contributed by atoms with van der Waals surface area (Å²) >= 11 is 0. The van der Waals surface area contributed by atoms with Gasteiger partial charge < -0.3 is 9.64 Å². The van der Waals surface area contributed by atoms with Crippen molar-refractivity contribution < 1.29 is 9.53 Å². The van der Waals surface area contributed by atoms with Gasteiger partial charge in [0.1, 0.15) is 24.3 Å². The van der Waals surface area contributed by atoms with Crippen molar-refractivity contribution in [3.05, 3.63) is 24.5 Å². The smallest absolute Gasteiger partial charge is 0.308 e. The third-order valence-electron chi connectivity index (χ3n) is 3.93. The predicted molar refractivity (Wildman–Crippen MR) is 78.6 cm³/mol. The zero-order valence-electron chi connectivity index (χ0n) is 12.6. The van der Waals surface area contributed by atoms with Gasteiger partial charge in [0, 0.05) is 19.2 Å². The molecule has 0 N–H and O–H groups in total. The van der Waals surface area contributed by atoms with Gasteiger partial charge in [-0.05, 0) is 19.8 Å². The number of anilines is 1. The van der Waals surface area contributed by atoms with Crippen LogP contribution in [0.5, 0.6) is 0 Å². The zero-order valence-corrected chi connectivity index (χ0v) is 12.6. The molecule has 8 heteroatoms. The number of carbonyl (C=O) groups is 1. The fourth-order valence-corrected chi connectivity index (χ4v) is 2.66. The Morgan fingerprint density at radius 3 is 2.55 bits per heavy atom. The molecule has 1 aliphatic rings. The van der Waals surface area contributed by atoms with Crippen LogP contribution in [0.2, 0.25) is 0 Å². The molecular weight excluding hydrogens is 284 g/mol. The Labute approximate surface area is 128 Å². The van der Waals surface area contributed by atoms with Crippen molar-refractivity contribution in [2.75, 3.05) is 25.1 Å². The van der Waals surface area contributed by atoms with Gasteiger partial charge in [0.25, 0.3) is 0 Å². The molecule has 0 saturated carbocycles. The summed E-state index contributed by atoms with van der Waals surface area (Å²) in [5, 5.41) is 4.15. The van der Waals surface area contributed by atoms with Gasteiger partial charge in [-0.1, -0.05) is 0 Å². The molecule has 116 valence electrons. The molecule has 0 bridgehead atoms. The fraction of sp³-hybridized carbons (Fsp3) is 0.500. The summed E-state index contributed by atoms with van der Waals surface area (Å²) in [5.74, 6) is 2.16. The Morgan fingerprint density at radius 1 is 1.18 bits per heavy atom. The minimum atomic E-state index is -0.124. The zero-order chi connectivity index (χ0) is 15.5. The van der Waals surface area contributed by atoms with E-state index in [0.717, 1.165) is 37.6 Å². The average Bonchev–Trinajstić information content (AvgIpc) is 3.00. The monoisotopic (exact) mass is 302 g/mol. The maximum Gasteiger partial charge on any atom is 0.308 e. The molecule has 0 radical (unpaired) electrons. The summed E-state index contributed by atoms with van der Waals surface area (Å²) in [7, 11) is 1.44. The normalized spacial score (nSPS) is 15.8. The molecule has 1 saturated heterocycles. The number of ether oxygens (including phenoxy) is 1. The van der Waals surface area contributed by atoms with Crippen molar-refractivity contribution in [3.63, 3.8) is 0 Å². The van der Waals surface area contributed by atoms with Gasteiger partial charge in [-0.3, -0.25) is 4.79 Å². The van der Waals surface area contributed by atoms with E-state index in [-0.39, 0.29) is 11.9 Å². The van der Waals surface area contributed by atoms with Crippen LogP contribution in [0.4, 0.5) is 5.82 Å². The van der Waals surface area contributed by atoms with Crippen molar-refractivity contribution in [2.24, 2.45) is 5.92 Å². The van der Waals surface area contributed by atoms with E-state index in [1.807, 2.05) is 13.0 Å². The minimum Gasteiger partial charge on any atom is -0.469 e.